The van der Waals surface area contributed by atoms with Crippen LogP contribution in [-0.4, -0.2) is 52.1 Å². The van der Waals surface area contributed by atoms with Gasteiger partial charge in [0.1, 0.15) is 0 Å². The number of H-pyrrole nitrogens is 1. The Balaban J connectivity index is 1.27. The van der Waals surface area contributed by atoms with Crippen LogP contribution in [0.4, 0.5) is 0 Å². The quantitative estimate of drug-likeness (QED) is 0.906. The van der Waals surface area contributed by atoms with Crippen LogP contribution in [0.25, 0.3) is 0 Å². The summed E-state index contributed by atoms with van der Waals surface area (Å²) < 4.78 is 0. The Morgan fingerprint density at radius 2 is 1.85 bits per heavy atom. The number of amides is 1. The van der Waals surface area contributed by atoms with Crippen LogP contribution >= 0.6 is 0 Å². The van der Waals surface area contributed by atoms with Gasteiger partial charge in [0.15, 0.2) is 0 Å². The summed E-state index contributed by atoms with van der Waals surface area (Å²) in [5.74, 6) is 1.51. The average molecular weight is 364 g/mol. The number of carbonyl (C=O) groups is 1. The number of rotatable bonds is 4. The van der Waals surface area contributed by atoms with Crippen LogP contribution in [0.2, 0.25) is 0 Å². The fourth-order valence-corrected chi connectivity index (χ4v) is 4.69. The van der Waals surface area contributed by atoms with Crippen LogP contribution < -0.4 is 0 Å². The smallest absolute Gasteiger partial charge is 0.257 e. The van der Waals surface area contributed by atoms with Crippen molar-refractivity contribution in [2.45, 2.75) is 44.6 Å². The largest absolute Gasteiger partial charge is 0.334 e. The predicted molar refractivity (Wildman–Crippen MR) is 105 cm³/mol. The lowest BCUT2D eigenvalue weighted by Gasteiger charge is -2.32. The van der Waals surface area contributed by atoms with Crippen molar-refractivity contribution in [1.29, 1.82) is 0 Å². The van der Waals surface area contributed by atoms with E-state index >= 15 is 0 Å². The van der Waals surface area contributed by atoms with Gasteiger partial charge in [-0.15, -0.1) is 0 Å². The van der Waals surface area contributed by atoms with E-state index in [1.807, 2.05) is 4.90 Å². The third-order valence-electron chi connectivity index (χ3n) is 6.53. The Hall–Kier alpha value is -2.14. The summed E-state index contributed by atoms with van der Waals surface area (Å²) in [5.41, 5.74) is 4.49. The zero-order chi connectivity index (χ0) is 18.2. The van der Waals surface area contributed by atoms with Gasteiger partial charge in [-0.25, -0.2) is 0 Å². The lowest BCUT2D eigenvalue weighted by Crippen LogP contribution is -2.37. The van der Waals surface area contributed by atoms with Gasteiger partial charge in [-0.2, -0.15) is 5.10 Å². The van der Waals surface area contributed by atoms with Crippen LogP contribution in [0.15, 0.2) is 30.5 Å². The topological polar surface area (TPSA) is 52.2 Å². The summed E-state index contributed by atoms with van der Waals surface area (Å²) >= 11 is 0. The summed E-state index contributed by atoms with van der Waals surface area (Å²) in [5, 5.41) is 7.42. The molecule has 0 atom stereocenters. The second-order valence-electron chi connectivity index (χ2n) is 8.46. The summed E-state index contributed by atoms with van der Waals surface area (Å²) in [6, 6.07) is 8.46. The van der Waals surface area contributed by atoms with Crippen molar-refractivity contribution in [3.05, 3.63) is 52.8 Å². The highest BCUT2D eigenvalue weighted by atomic mass is 16.2. The predicted octanol–water partition coefficient (Wildman–Crippen LogP) is 3.20. The molecule has 3 aliphatic rings. The Labute approximate surface area is 160 Å². The van der Waals surface area contributed by atoms with Gasteiger partial charge in [-0.3, -0.25) is 9.89 Å². The van der Waals surface area contributed by atoms with Crippen LogP contribution in [0, 0.1) is 5.92 Å². The molecule has 2 fully saturated rings. The van der Waals surface area contributed by atoms with E-state index in [0.717, 1.165) is 56.1 Å². The summed E-state index contributed by atoms with van der Waals surface area (Å²) in [6.45, 7) is 5.06. The maximum atomic E-state index is 13.2. The fraction of sp³-hybridized carbons (Fsp3) is 0.545. The number of hydrogen-bond acceptors (Lipinski definition) is 3. The minimum Gasteiger partial charge on any atom is -0.334 e. The Morgan fingerprint density at radius 1 is 1.07 bits per heavy atom. The second kappa shape index (κ2) is 7.12. The van der Waals surface area contributed by atoms with Gasteiger partial charge in [-0.1, -0.05) is 24.3 Å². The standard InChI is InChI=1S/C22H28N4O/c27-22(26-12-9-17-3-1-2-4-19(17)15-26)20-13-23-24-21(20)18-7-10-25(11-8-18)14-16-5-6-16/h1-4,13,16,18H,5-12,14-15H2,(H,23,24). The molecule has 5 heteroatoms. The third-order valence-corrected chi connectivity index (χ3v) is 6.53. The number of nitrogens with one attached hydrogen (secondary N) is 1. The fourth-order valence-electron chi connectivity index (χ4n) is 4.69. The van der Waals surface area contributed by atoms with E-state index in [1.54, 1.807) is 6.20 Å². The molecule has 0 spiro atoms. The van der Waals surface area contributed by atoms with Crippen molar-refractivity contribution in [2.24, 2.45) is 5.92 Å². The van der Waals surface area contributed by atoms with Crippen molar-refractivity contribution in [1.82, 2.24) is 20.0 Å². The van der Waals surface area contributed by atoms with Crippen molar-refractivity contribution in [3.8, 4) is 0 Å². The molecule has 1 amide bonds. The highest BCUT2D eigenvalue weighted by Gasteiger charge is 2.31. The van der Waals surface area contributed by atoms with Crippen molar-refractivity contribution in [3.63, 3.8) is 0 Å². The molecule has 1 aromatic carbocycles. The molecule has 1 aliphatic carbocycles. The SMILES string of the molecule is O=C(c1cn[nH]c1C1CCN(CC2CC2)CC1)N1CCc2ccccc2C1. The number of nitrogens with zero attached hydrogens (tertiary/aromatic N) is 3. The van der Waals surface area contributed by atoms with Gasteiger partial charge >= 0.3 is 0 Å². The lowest BCUT2D eigenvalue weighted by atomic mass is 9.90. The first-order valence-electron chi connectivity index (χ1n) is 10.4. The minimum atomic E-state index is 0.133. The van der Waals surface area contributed by atoms with Gasteiger partial charge < -0.3 is 9.80 Å². The summed E-state index contributed by atoms with van der Waals surface area (Å²) in [4.78, 5) is 17.8. The minimum absolute atomic E-state index is 0.133. The molecule has 5 nitrogen and oxygen atoms in total. The van der Waals surface area contributed by atoms with Gasteiger partial charge in [0, 0.05) is 25.6 Å². The van der Waals surface area contributed by atoms with E-state index in [1.165, 1.54) is 30.5 Å². The monoisotopic (exact) mass is 364 g/mol. The highest BCUT2D eigenvalue weighted by molar-refractivity contribution is 5.95. The molecular weight excluding hydrogens is 336 g/mol. The molecular formula is C22H28N4O. The molecule has 27 heavy (non-hydrogen) atoms. The molecule has 1 N–H and O–H groups in total. The Morgan fingerprint density at radius 3 is 2.63 bits per heavy atom. The van der Waals surface area contributed by atoms with E-state index in [9.17, 15) is 4.79 Å². The molecule has 0 unspecified atom stereocenters. The van der Waals surface area contributed by atoms with Crippen LogP contribution in [0.3, 0.4) is 0 Å². The van der Waals surface area contributed by atoms with Gasteiger partial charge in [0.25, 0.3) is 5.91 Å². The van der Waals surface area contributed by atoms with Crippen molar-refractivity contribution >= 4 is 5.91 Å². The molecule has 142 valence electrons. The van der Waals surface area contributed by atoms with Gasteiger partial charge in [0.05, 0.1) is 17.5 Å². The van der Waals surface area contributed by atoms with E-state index in [0.29, 0.717) is 12.5 Å². The normalized spacial score (nSPS) is 21.3. The second-order valence-corrected chi connectivity index (χ2v) is 8.46. The number of carbonyl (C=O) groups excluding carboxylic acids is 1. The maximum absolute atomic E-state index is 13.2. The maximum Gasteiger partial charge on any atom is 0.257 e. The molecule has 0 bridgehead atoms. The van der Waals surface area contributed by atoms with Gasteiger partial charge in [-0.05, 0) is 62.2 Å². The summed E-state index contributed by atoms with van der Waals surface area (Å²) in [7, 11) is 0. The molecule has 5 rings (SSSR count). The molecule has 1 saturated carbocycles. The number of fused-ring (bicyclic) bond motifs is 1. The summed E-state index contributed by atoms with van der Waals surface area (Å²) in [6.07, 6.45) is 7.76. The van der Waals surface area contributed by atoms with Crippen molar-refractivity contribution < 1.29 is 4.79 Å². The van der Waals surface area contributed by atoms with Crippen LogP contribution in [-0.2, 0) is 13.0 Å². The van der Waals surface area contributed by atoms with Gasteiger partial charge in [0.2, 0.25) is 0 Å². The number of piperidine rings is 1. The number of hydrogen-bond donors (Lipinski definition) is 1. The first-order chi connectivity index (χ1) is 13.3. The van der Waals surface area contributed by atoms with Crippen LogP contribution in [0.1, 0.15) is 58.8 Å². The lowest BCUT2D eigenvalue weighted by molar-refractivity contribution is 0.0732. The first kappa shape index (κ1) is 17.0. The van der Waals surface area contributed by atoms with E-state index in [-0.39, 0.29) is 5.91 Å². The Bertz CT molecular complexity index is 817. The molecule has 0 radical (unpaired) electrons. The third kappa shape index (κ3) is 3.53. The zero-order valence-electron chi connectivity index (χ0n) is 15.9. The molecule has 3 heterocycles. The zero-order valence-corrected chi connectivity index (χ0v) is 15.9. The van der Waals surface area contributed by atoms with Crippen LogP contribution in [0.5, 0.6) is 0 Å². The van der Waals surface area contributed by atoms with Crippen molar-refractivity contribution in [2.75, 3.05) is 26.2 Å². The van der Waals surface area contributed by atoms with E-state index in [2.05, 4.69) is 39.4 Å². The molecule has 2 aromatic rings. The molecule has 1 saturated heterocycles. The van der Waals surface area contributed by atoms with E-state index < -0.39 is 0 Å². The highest BCUT2D eigenvalue weighted by Crippen LogP contribution is 2.34. The number of aromatic amines is 1. The Kier molecular flexibility index (Phi) is 4.48. The van der Waals surface area contributed by atoms with E-state index in [4.69, 9.17) is 0 Å². The first-order valence-corrected chi connectivity index (χ1v) is 10.4. The number of benzene rings is 1. The molecule has 2 aliphatic heterocycles. The molecule has 1 aromatic heterocycles. The number of aromatic nitrogens is 2. The number of likely N-dealkylation sites (tertiary alicyclic amines) is 1. The average Bonchev–Trinajstić information content (AvgIpc) is 3.39.